The summed E-state index contributed by atoms with van der Waals surface area (Å²) in [5.41, 5.74) is 11.7. The minimum absolute atomic E-state index is 0. The predicted molar refractivity (Wildman–Crippen MR) is 435 cm³/mol. The van der Waals surface area contributed by atoms with E-state index in [-0.39, 0.29) is 22.3 Å². The standard InChI is InChI=1S/C54H41ClN4.C24H20N2.C6H3BrCl2.3CH4/c1-56(2)40-22-26-42(27-23-40)58(46-32-20-38-16-14-34-8-5-10-36-18-30-44(46)52(38)50(34)36)48-12-7-13-49(54(48)55)59(43-28-24-41(25-29-43)57(3)4)47-33-21-39-17-15-35-9-6-11-37-19-31-45(47)53(39)51(35)37;1-26(2)20-12-10-19(11-13-20)25-22-15-9-18-7-6-16-4-3-5-17-8-14-21(22)24(18)23(16)17;7-4-2-1-3-5(8)6(4)9;;;/h5-33H,1-4H3;3-15,25H,1-2H3;1-3H;3*1H4. The Morgan fingerprint density at radius 1 is 0.268 bits per heavy atom. The van der Waals surface area contributed by atoms with Crippen LogP contribution in [0.3, 0.4) is 0 Å². The van der Waals surface area contributed by atoms with Crippen molar-refractivity contribution >= 4 is 210 Å². The van der Waals surface area contributed by atoms with Crippen LogP contribution in [-0.4, -0.2) is 42.3 Å². The Hall–Kier alpha value is -9.99. The van der Waals surface area contributed by atoms with Gasteiger partial charge in [0.25, 0.3) is 0 Å². The molecule has 17 aromatic carbocycles. The van der Waals surface area contributed by atoms with Crippen molar-refractivity contribution in [3.05, 3.63) is 293 Å². The molecule has 0 aliphatic rings. The first-order valence-corrected chi connectivity index (χ1v) is 33.3. The van der Waals surface area contributed by atoms with Crippen LogP contribution in [-0.2, 0) is 0 Å². The molecule has 0 spiro atoms. The number of rotatable bonds is 11. The molecule has 0 bridgehead atoms. The number of hydrogen-bond acceptors (Lipinski definition) is 6. The molecule has 0 heterocycles. The highest BCUT2D eigenvalue weighted by Crippen LogP contribution is 2.52. The van der Waals surface area contributed by atoms with E-state index in [1.54, 1.807) is 6.07 Å². The van der Waals surface area contributed by atoms with Crippen LogP contribution in [0, 0.1) is 0 Å². The van der Waals surface area contributed by atoms with Gasteiger partial charge >= 0.3 is 0 Å². The van der Waals surface area contributed by atoms with Crippen molar-refractivity contribution in [2.24, 2.45) is 0 Å². The molecule has 0 unspecified atom stereocenters. The van der Waals surface area contributed by atoms with Gasteiger partial charge in [-0.1, -0.05) is 215 Å². The Morgan fingerprint density at radius 2 is 0.567 bits per heavy atom. The number of nitrogens with zero attached hydrogens (tertiary/aromatic N) is 5. The summed E-state index contributed by atoms with van der Waals surface area (Å²) in [6, 6.07) is 98.0. The van der Waals surface area contributed by atoms with Gasteiger partial charge in [0.15, 0.2) is 0 Å². The second kappa shape index (κ2) is 27.6. The highest BCUT2D eigenvalue weighted by molar-refractivity contribution is 9.10. The molecular formula is C87H76BrCl3N6. The third kappa shape index (κ3) is 12.2. The van der Waals surface area contributed by atoms with Gasteiger partial charge in [-0.25, -0.2) is 0 Å². The molecule has 482 valence electrons. The van der Waals surface area contributed by atoms with E-state index in [2.05, 4.69) is 343 Å². The minimum Gasteiger partial charge on any atom is -0.378 e. The third-order valence-corrected chi connectivity index (χ3v) is 20.4. The van der Waals surface area contributed by atoms with E-state index in [1.165, 1.54) is 103 Å². The van der Waals surface area contributed by atoms with Crippen molar-refractivity contribution in [3.63, 3.8) is 0 Å². The number of anilines is 11. The lowest BCUT2D eigenvalue weighted by Crippen LogP contribution is -2.15. The molecule has 10 heteroatoms. The summed E-state index contributed by atoms with van der Waals surface area (Å²) in [5, 5.41) is 28.1. The molecule has 0 atom stereocenters. The van der Waals surface area contributed by atoms with Crippen LogP contribution in [0.15, 0.2) is 277 Å². The van der Waals surface area contributed by atoms with Crippen molar-refractivity contribution in [2.75, 3.05) is 72.1 Å². The number of benzene rings is 17. The number of halogens is 4. The quantitative estimate of drug-likeness (QED) is 0.103. The monoisotopic (exact) mass is 1390 g/mol. The summed E-state index contributed by atoms with van der Waals surface area (Å²) in [4.78, 5) is 11.1. The molecule has 0 aliphatic carbocycles. The lowest BCUT2D eigenvalue weighted by atomic mass is 9.93. The molecule has 17 aromatic rings. The fraction of sp³-hybridized carbons (Fsp3) is 0.103. The molecule has 17 rings (SSSR count). The van der Waals surface area contributed by atoms with E-state index < -0.39 is 0 Å². The first-order valence-electron chi connectivity index (χ1n) is 31.3. The zero-order valence-electron chi connectivity index (χ0n) is 52.7. The van der Waals surface area contributed by atoms with E-state index in [0.29, 0.717) is 15.1 Å². The maximum atomic E-state index is 7.97. The van der Waals surface area contributed by atoms with Crippen LogP contribution < -0.4 is 29.8 Å². The summed E-state index contributed by atoms with van der Waals surface area (Å²) in [7, 11) is 12.4. The minimum atomic E-state index is 0. The Labute approximate surface area is 592 Å². The summed E-state index contributed by atoms with van der Waals surface area (Å²) in [5.74, 6) is 0. The van der Waals surface area contributed by atoms with Gasteiger partial charge < -0.3 is 29.8 Å². The van der Waals surface area contributed by atoms with Crippen molar-refractivity contribution < 1.29 is 0 Å². The fourth-order valence-electron chi connectivity index (χ4n) is 13.6. The molecule has 0 aromatic heterocycles. The highest BCUT2D eigenvalue weighted by atomic mass is 79.9. The Bertz CT molecular complexity index is 5350. The van der Waals surface area contributed by atoms with Gasteiger partial charge in [-0.15, -0.1) is 0 Å². The van der Waals surface area contributed by atoms with Gasteiger partial charge in [0.05, 0.1) is 37.8 Å². The van der Waals surface area contributed by atoms with Crippen LogP contribution in [0.1, 0.15) is 22.3 Å². The highest BCUT2D eigenvalue weighted by Gasteiger charge is 2.26. The lowest BCUT2D eigenvalue weighted by molar-refractivity contribution is 1.13. The van der Waals surface area contributed by atoms with E-state index in [9.17, 15) is 0 Å². The largest absolute Gasteiger partial charge is 0.378 e. The first kappa shape index (κ1) is 67.0. The first-order chi connectivity index (χ1) is 45.8. The van der Waals surface area contributed by atoms with Crippen LogP contribution in [0.4, 0.5) is 62.6 Å². The molecule has 0 fully saturated rings. The third-order valence-electron chi connectivity index (χ3n) is 18.3. The molecule has 6 nitrogen and oxygen atoms in total. The molecule has 0 radical (unpaired) electrons. The Kier molecular flexibility index (Phi) is 19.1. The fourth-order valence-corrected chi connectivity index (χ4v) is 14.7. The van der Waals surface area contributed by atoms with Crippen molar-refractivity contribution in [1.82, 2.24) is 0 Å². The van der Waals surface area contributed by atoms with Crippen molar-refractivity contribution in [2.45, 2.75) is 22.3 Å². The molecule has 0 saturated carbocycles. The Balaban J connectivity index is 0.000000194. The molecule has 0 amide bonds. The second-order valence-electron chi connectivity index (χ2n) is 24.6. The number of hydrogen-bond donors (Lipinski definition) is 1. The van der Waals surface area contributed by atoms with E-state index in [4.69, 9.17) is 34.8 Å². The summed E-state index contributed by atoms with van der Waals surface area (Å²) in [6.45, 7) is 0. The summed E-state index contributed by atoms with van der Waals surface area (Å²) >= 11 is 22.5. The van der Waals surface area contributed by atoms with Crippen LogP contribution in [0.5, 0.6) is 0 Å². The van der Waals surface area contributed by atoms with Crippen LogP contribution in [0.2, 0.25) is 15.1 Å². The summed E-state index contributed by atoms with van der Waals surface area (Å²) < 4.78 is 0.830. The van der Waals surface area contributed by atoms with Gasteiger partial charge in [0, 0.05) is 103 Å². The topological polar surface area (TPSA) is 28.2 Å². The van der Waals surface area contributed by atoms with Crippen LogP contribution in [0.25, 0.3) is 97.0 Å². The lowest BCUT2D eigenvalue weighted by Gasteiger charge is -2.32. The van der Waals surface area contributed by atoms with E-state index in [0.717, 1.165) is 61.3 Å². The molecular weight excluding hydrogens is 1320 g/mol. The van der Waals surface area contributed by atoms with Gasteiger partial charge in [-0.3, -0.25) is 0 Å². The SMILES string of the molecule is C.C.C.CN(C)c1ccc(N(c2cccc(N(c3ccc(N(C)C)cc3)c3ccc4ccc5cccc6ccc3c4c56)c2Cl)c2ccc3ccc4cccc5ccc2c3c45)cc1.CN(C)c1ccc(Nc2ccc3ccc4cccc5ccc2c3c45)cc1.Clc1cccc(Br)c1Cl. The molecule has 0 saturated heterocycles. The molecule has 97 heavy (non-hydrogen) atoms. The zero-order valence-corrected chi connectivity index (χ0v) is 56.6. The maximum Gasteiger partial charge on any atom is 0.0887 e. The normalized spacial score (nSPS) is 11.2. The Morgan fingerprint density at radius 3 is 0.938 bits per heavy atom. The average molecular weight is 1390 g/mol. The van der Waals surface area contributed by atoms with Gasteiger partial charge in [0.1, 0.15) is 0 Å². The van der Waals surface area contributed by atoms with Gasteiger partial charge in [-0.2, -0.15) is 0 Å². The average Bonchev–Trinajstić information content (AvgIpc) is 0.743. The molecule has 0 aliphatic heterocycles. The number of nitrogens with one attached hydrogen (secondary N) is 1. The smallest absolute Gasteiger partial charge is 0.0887 e. The van der Waals surface area contributed by atoms with Gasteiger partial charge in [-0.05, 0) is 212 Å². The zero-order chi connectivity index (χ0) is 64.5. The predicted octanol–water partition coefficient (Wildman–Crippen LogP) is 27.3. The molecule has 1 N–H and O–H groups in total. The van der Waals surface area contributed by atoms with E-state index >= 15 is 0 Å². The maximum absolute atomic E-state index is 7.97. The van der Waals surface area contributed by atoms with Gasteiger partial charge in [0.2, 0.25) is 0 Å². The summed E-state index contributed by atoms with van der Waals surface area (Å²) in [6.07, 6.45) is 0. The van der Waals surface area contributed by atoms with Crippen molar-refractivity contribution in [1.29, 1.82) is 0 Å². The van der Waals surface area contributed by atoms with Crippen molar-refractivity contribution in [3.8, 4) is 0 Å². The van der Waals surface area contributed by atoms with Crippen LogP contribution >= 0.6 is 50.7 Å². The van der Waals surface area contributed by atoms with E-state index in [1.807, 2.05) is 12.1 Å². The second-order valence-corrected chi connectivity index (χ2v) is 26.6.